The average molecular weight is 350 g/mol. The first kappa shape index (κ1) is 17.3. The summed E-state index contributed by atoms with van der Waals surface area (Å²) >= 11 is 0. The van der Waals surface area contributed by atoms with E-state index in [2.05, 4.69) is 0 Å². The Bertz CT molecular complexity index is 710. The smallest absolute Gasteiger partial charge is 0.303 e. The van der Waals surface area contributed by atoms with Gasteiger partial charge in [-0.05, 0) is 24.6 Å². The number of anilines is 1. The molecule has 3 rings (SSSR count). The quantitative estimate of drug-likeness (QED) is 0.751. The molecule has 1 aromatic carbocycles. The Hall–Kier alpha value is -2.48. The lowest BCUT2D eigenvalue weighted by atomic mass is 10.00. The molecule has 0 radical (unpaired) electrons. The van der Waals surface area contributed by atoms with Crippen molar-refractivity contribution in [2.24, 2.45) is 0 Å². The summed E-state index contributed by atoms with van der Waals surface area (Å²) < 4.78 is 23.9. The number of halogens is 1. The number of hydrogen-bond donors (Lipinski definition) is 0. The molecule has 0 N–H and O–H groups in total. The SMILES string of the molecule is CC(=O)OCC(=O)N1CCC2(C1)CN(c1cccc(F)c1)C(=O)CO2. The van der Waals surface area contributed by atoms with E-state index in [1.54, 1.807) is 17.0 Å². The summed E-state index contributed by atoms with van der Waals surface area (Å²) in [6.45, 7) is 1.80. The molecule has 25 heavy (non-hydrogen) atoms. The van der Waals surface area contributed by atoms with Crippen molar-refractivity contribution in [1.82, 2.24) is 4.90 Å². The molecular weight excluding hydrogens is 331 g/mol. The van der Waals surface area contributed by atoms with Crippen LogP contribution in [-0.4, -0.2) is 61.1 Å². The molecule has 0 aliphatic carbocycles. The Kier molecular flexibility index (Phi) is 4.71. The van der Waals surface area contributed by atoms with Crippen molar-refractivity contribution in [2.75, 3.05) is 37.7 Å². The van der Waals surface area contributed by atoms with E-state index in [1.807, 2.05) is 0 Å². The molecule has 2 aliphatic heterocycles. The molecule has 0 aromatic heterocycles. The summed E-state index contributed by atoms with van der Waals surface area (Å²) in [5.41, 5.74) is -0.219. The lowest BCUT2D eigenvalue weighted by molar-refractivity contribution is -0.151. The van der Waals surface area contributed by atoms with Crippen molar-refractivity contribution in [2.45, 2.75) is 18.9 Å². The minimum atomic E-state index is -0.688. The molecule has 0 bridgehead atoms. The van der Waals surface area contributed by atoms with Crippen LogP contribution in [0.4, 0.5) is 10.1 Å². The first-order valence-corrected chi connectivity index (χ1v) is 8.00. The number of amides is 2. The van der Waals surface area contributed by atoms with E-state index in [0.29, 0.717) is 25.2 Å². The molecule has 1 atom stereocenters. The number of hydrogen-bond acceptors (Lipinski definition) is 5. The predicted octanol–water partition coefficient (Wildman–Crippen LogP) is 0.723. The fraction of sp³-hybridized carbons (Fsp3) is 0.471. The van der Waals surface area contributed by atoms with Crippen molar-refractivity contribution in [1.29, 1.82) is 0 Å². The molecule has 1 spiro atoms. The molecule has 2 amide bonds. The highest BCUT2D eigenvalue weighted by molar-refractivity contribution is 5.95. The summed E-state index contributed by atoms with van der Waals surface area (Å²) in [6, 6.07) is 5.83. The average Bonchev–Trinajstić information content (AvgIpc) is 2.99. The fourth-order valence-corrected chi connectivity index (χ4v) is 3.15. The largest absolute Gasteiger partial charge is 0.456 e. The normalized spacial score (nSPS) is 23.2. The summed E-state index contributed by atoms with van der Waals surface area (Å²) in [5.74, 6) is -1.49. The highest BCUT2D eigenvalue weighted by atomic mass is 19.1. The van der Waals surface area contributed by atoms with E-state index in [0.717, 1.165) is 0 Å². The Morgan fingerprint density at radius 1 is 1.36 bits per heavy atom. The molecule has 7 nitrogen and oxygen atoms in total. The van der Waals surface area contributed by atoms with Gasteiger partial charge in [0.25, 0.3) is 11.8 Å². The Morgan fingerprint density at radius 3 is 2.88 bits per heavy atom. The van der Waals surface area contributed by atoms with Gasteiger partial charge in [-0.3, -0.25) is 14.4 Å². The number of benzene rings is 1. The van der Waals surface area contributed by atoms with Crippen LogP contribution >= 0.6 is 0 Å². The molecule has 2 fully saturated rings. The van der Waals surface area contributed by atoms with Crippen molar-refractivity contribution in [3.8, 4) is 0 Å². The summed E-state index contributed by atoms with van der Waals surface area (Å²) in [4.78, 5) is 38.2. The van der Waals surface area contributed by atoms with Crippen LogP contribution in [0.1, 0.15) is 13.3 Å². The summed E-state index contributed by atoms with van der Waals surface area (Å²) in [6.07, 6.45) is 0.553. The van der Waals surface area contributed by atoms with Gasteiger partial charge in [0.15, 0.2) is 6.61 Å². The zero-order chi connectivity index (χ0) is 18.0. The monoisotopic (exact) mass is 350 g/mol. The molecule has 2 aliphatic rings. The van der Waals surface area contributed by atoms with Crippen LogP contribution in [0.25, 0.3) is 0 Å². The van der Waals surface area contributed by atoms with Crippen LogP contribution in [0.5, 0.6) is 0 Å². The van der Waals surface area contributed by atoms with Crippen LogP contribution in [-0.2, 0) is 23.9 Å². The van der Waals surface area contributed by atoms with Gasteiger partial charge in [-0.25, -0.2) is 4.39 Å². The molecule has 8 heteroatoms. The van der Waals surface area contributed by atoms with E-state index in [-0.39, 0.29) is 31.6 Å². The first-order valence-electron chi connectivity index (χ1n) is 8.00. The summed E-state index contributed by atoms with van der Waals surface area (Å²) in [7, 11) is 0. The van der Waals surface area contributed by atoms with Crippen LogP contribution in [0.15, 0.2) is 24.3 Å². The third-order valence-corrected chi connectivity index (χ3v) is 4.44. The number of ether oxygens (including phenoxy) is 2. The minimum Gasteiger partial charge on any atom is -0.456 e. The van der Waals surface area contributed by atoms with Gasteiger partial charge in [-0.15, -0.1) is 0 Å². The highest BCUT2D eigenvalue weighted by Crippen LogP contribution is 2.32. The second-order valence-electron chi connectivity index (χ2n) is 6.28. The lowest BCUT2D eigenvalue weighted by Gasteiger charge is -2.40. The number of rotatable bonds is 3. The molecule has 0 saturated carbocycles. The standard InChI is InChI=1S/C17H19FN2O5/c1-12(21)24-8-15(22)19-6-5-17(10-19)11-20(16(23)9-25-17)14-4-2-3-13(18)7-14/h2-4,7H,5-6,8-11H2,1H3. The third-order valence-electron chi connectivity index (χ3n) is 4.44. The van der Waals surface area contributed by atoms with Crippen molar-refractivity contribution >= 4 is 23.5 Å². The van der Waals surface area contributed by atoms with Crippen LogP contribution in [0, 0.1) is 5.82 Å². The lowest BCUT2D eigenvalue weighted by Crippen LogP contribution is -2.56. The van der Waals surface area contributed by atoms with Gasteiger partial charge in [0.05, 0.1) is 13.1 Å². The van der Waals surface area contributed by atoms with Crippen molar-refractivity contribution in [3.05, 3.63) is 30.1 Å². The Labute approximate surface area is 144 Å². The van der Waals surface area contributed by atoms with Gasteiger partial charge in [0, 0.05) is 19.2 Å². The van der Waals surface area contributed by atoms with E-state index in [4.69, 9.17) is 9.47 Å². The number of nitrogens with zero attached hydrogens (tertiary/aromatic N) is 2. The van der Waals surface area contributed by atoms with Crippen LogP contribution < -0.4 is 4.90 Å². The summed E-state index contributed by atoms with van der Waals surface area (Å²) in [5, 5.41) is 0. The van der Waals surface area contributed by atoms with E-state index in [1.165, 1.54) is 24.0 Å². The van der Waals surface area contributed by atoms with Gasteiger partial charge in [0.2, 0.25) is 0 Å². The fourth-order valence-electron chi connectivity index (χ4n) is 3.15. The zero-order valence-corrected chi connectivity index (χ0v) is 13.9. The number of morpholine rings is 1. The number of esters is 1. The second-order valence-corrected chi connectivity index (χ2v) is 6.28. The van der Waals surface area contributed by atoms with E-state index in [9.17, 15) is 18.8 Å². The molecule has 134 valence electrons. The van der Waals surface area contributed by atoms with Gasteiger partial charge in [-0.1, -0.05) is 6.07 Å². The number of carbonyl (C=O) groups is 3. The van der Waals surface area contributed by atoms with Gasteiger partial charge >= 0.3 is 5.97 Å². The molecule has 1 unspecified atom stereocenters. The maximum absolute atomic E-state index is 13.5. The first-order chi connectivity index (χ1) is 11.9. The molecule has 1 aromatic rings. The van der Waals surface area contributed by atoms with Gasteiger partial charge in [-0.2, -0.15) is 0 Å². The highest BCUT2D eigenvalue weighted by Gasteiger charge is 2.46. The van der Waals surface area contributed by atoms with Crippen molar-refractivity contribution in [3.63, 3.8) is 0 Å². The molecule has 2 heterocycles. The van der Waals surface area contributed by atoms with Crippen LogP contribution in [0.2, 0.25) is 0 Å². The minimum absolute atomic E-state index is 0.123. The number of carbonyl (C=O) groups excluding carboxylic acids is 3. The zero-order valence-electron chi connectivity index (χ0n) is 13.9. The van der Waals surface area contributed by atoms with Gasteiger partial charge in [0.1, 0.15) is 18.0 Å². The Morgan fingerprint density at radius 2 is 2.16 bits per heavy atom. The number of likely N-dealkylation sites (tertiary alicyclic amines) is 1. The topological polar surface area (TPSA) is 76.2 Å². The maximum Gasteiger partial charge on any atom is 0.303 e. The molecule has 2 saturated heterocycles. The van der Waals surface area contributed by atoms with Crippen LogP contribution in [0.3, 0.4) is 0 Å². The third kappa shape index (κ3) is 3.79. The van der Waals surface area contributed by atoms with E-state index < -0.39 is 17.4 Å². The maximum atomic E-state index is 13.5. The van der Waals surface area contributed by atoms with Crippen molar-refractivity contribution < 1.29 is 28.2 Å². The Balaban J connectivity index is 1.70. The van der Waals surface area contributed by atoms with Gasteiger partial charge < -0.3 is 19.3 Å². The molecular formula is C17H19FN2O5. The van der Waals surface area contributed by atoms with E-state index >= 15 is 0 Å². The predicted molar refractivity (Wildman–Crippen MR) is 85.3 cm³/mol. The second kappa shape index (κ2) is 6.79.